The maximum Gasteiger partial charge on any atom is 0.142 e. The standard InChI is InChI=1S/C11H11ClFN3.ClH/c1-16-10(4-5-15-16)11(14)7-2-3-8(12)9(13)6-7;/h2-6,11H,14H2,1H3;1H/t11-;/m0./s1. The van der Waals surface area contributed by atoms with E-state index in [1.807, 2.05) is 0 Å². The van der Waals surface area contributed by atoms with E-state index in [9.17, 15) is 4.39 Å². The first-order valence-corrected chi connectivity index (χ1v) is 5.16. The van der Waals surface area contributed by atoms with Crippen molar-refractivity contribution in [3.8, 4) is 0 Å². The molecule has 0 spiro atoms. The molecule has 0 saturated heterocycles. The van der Waals surface area contributed by atoms with E-state index in [1.165, 1.54) is 12.1 Å². The number of nitrogens with zero attached hydrogens (tertiary/aromatic N) is 2. The van der Waals surface area contributed by atoms with Crippen LogP contribution in [0.15, 0.2) is 30.5 Å². The van der Waals surface area contributed by atoms with Gasteiger partial charge in [-0.3, -0.25) is 4.68 Å². The summed E-state index contributed by atoms with van der Waals surface area (Å²) in [5, 5.41) is 4.12. The highest BCUT2D eigenvalue weighted by Gasteiger charge is 2.13. The molecule has 2 N–H and O–H groups in total. The second-order valence-electron chi connectivity index (χ2n) is 3.53. The third-order valence-electron chi connectivity index (χ3n) is 2.48. The van der Waals surface area contributed by atoms with E-state index < -0.39 is 11.9 Å². The number of aryl methyl sites for hydroxylation is 1. The van der Waals surface area contributed by atoms with E-state index in [1.54, 1.807) is 30.1 Å². The predicted molar refractivity (Wildman–Crippen MR) is 67.9 cm³/mol. The number of hydrogen-bond acceptors (Lipinski definition) is 2. The lowest BCUT2D eigenvalue weighted by molar-refractivity contribution is 0.619. The van der Waals surface area contributed by atoms with Gasteiger partial charge >= 0.3 is 0 Å². The summed E-state index contributed by atoms with van der Waals surface area (Å²) in [6, 6.07) is 5.96. The smallest absolute Gasteiger partial charge is 0.142 e. The van der Waals surface area contributed by atoms with Crippen molar-refractivity contribution < 1.29 is 4.39 Å². The number of halogens is 3. The Bertz CT molecular complexity index is 513. The Morgan fingerprint density at radius 3 is 2.65 bits per heavy atom. The minimum Gasteiger partial charge on any atom is -0.319 e. The molecule has 3 nitrogen and oxygen atoms in total. The third-order valence-corrected chi connectivity index (χ3v) is 2.79. The van der Waals surface area contributed by atoms with Crippen molar-refractivity contribution in [1.82, 2.24) is 9.78 Å². The number of benzene rings is 1. The van der Waals surface area contributed by atoms with Gasteiger partial charge in [-0.15, -0.1) is 12.4 Å². The molecule has 2 aromatic rings. The van der Waals surface area contributed by atoms with Crippen LogP contribution < -0.4 is 5.73 Å². The van der Waals surface area contributed by atoms with Gasteiger partial charge in [0.05, 0.1) is 16.8 Å². The summed E-state index contributed by atoms with van der Waals surface area (Å²) < 4.78 is 14.9. The Morgan fingerprint density at radius 1 is 1.41 bits per heavy atom. The first-order chi connectivity index (χ1) is 7.59. The molecule has 1 aromatic carbocycles. The molecule has 6 heteroatoms. The van der Waals surface area contributed by atoms with Crippen molar-refractivity contribution in [2.45, 2.75) is 6.04 Å². The topological polar surface area (TPSA) is 43.8 Å². The van der Waals surface area contributed by atoms with Crippen molar-refractivity contribution in [3.05, 3.63) is 52.6 Å². The first kappa shape index (κ1) is 14.0. The Morgan fingerprint density at radius 2 is 2.12 bits per heavy atom. The molecule has 0 unspecified atom stereocenters. The van der Waals surface area contributed by atoms with Crippen molar-refractivity contribution in [3.63, 3.8) is 0 Å². The lowest BCUT2D eigenvalue weighted by atomic mass is 10.0. The molecule has 0 aliphatic carbocycles. The van der Waals surface area contributed by atoms with E-state index in [2.05, 4.69) is 5.10 Å². The molecule has 0 saturated carbocycles. The van der Waals surface area contributed by atoms with Crippen LogP contribution in [0.5, 0.6) is 0 Å². The van der Waals surface area contributed by atoms with Crippen LogP contribution in [0, 0.1) is 5.82 Å². The van der Waals surface area contributed by atoms with Crippen molar-refractivity contribution in [2.24, 2.45) is 12.8 Å². The molecular formula is C11H12Cl2FN3. The van der Waals surface area contributed by atoms with Crippen LogP contribution >= 0.6 is 24.0 Å². The fourth-order valence-electron chi connectivity index (χ4n) is 1.57. The second-order valence-corrected chi connectivity index (χ2v) is 3.94. The molecule has 1 aromatic heterocycles. The summed E-state index contributed by atoms with van der Waals surface area (Å²) in [4.78, 5) is 0. The predicted octanol–water partition coefficient (Wildman–Crippen LogP) is 2.68. The van der Waals surface area contributed by atoms with E-state index in [-0.39, 0.29) is 17.4 Å². The van der Waals surface area contributed by atoms with Crippen LogP contribution in [0.25, 0.3) is 0 Å². The van der Waals surface area contributed by atoms with Gasteiger partial charge in [-0.2, -0.15) is 5.10 Å². The molecule has 0 fully saturated rings. The average Bonchev–Trinajstić information content (AvgIpc) is 2.67. The monoisotopic (exact) mass is 275 g/mol. The summed E-state index contributed by atoms with van der Waals surface area (Å²) in [7, 11) is 1.79. The maximum atomic E-state index is 13.3. The zero-order valence-corrected chi connectivity index (χ0v) is 10.7. The maximum absolute atomic E-state index is 13.3. The summed E-state index contributed by atoms with van der Waals surface area (Å²) in [6.45, 7) is 0. The van der Waals surface area contributed by atoms with E-state index in [0.29, 0.717) is 5.56 Å². The fraction of sp³-hybridized carbons (Fsp3) is 0.182. The second kappa shape index (κ2) is 5.49. The van der Waals surface area contributed by atoms with Crippen LogP contribution in [0.1, 0.15) is 17.3 Å². The van der Waals surface area contributed by atoms with Crippen molar-refractivity contribution in [2.75, 3.05) is 0 Å². The van der Waals surface area contributed by atoms with Gasteiger partial charge in [0.25, 0.3) is 0 Å². The molecule has 0 aliphatic heterocycles. The average molecular weight is 276 g/mol. The van der Waals surface area contributed by atoms with Gasteiger partial charge in [-0.05, 0) is 23.8 Å². The van der Waals surface area contributed by atoms with Crippen molar-refractivity contribution >= 4 is 24.0 Å². The van der Waals surface area contributed by atoms with Crippen LogP contribution in [0.3, 0.4) is 0 Å². The number of rotatable bonds is 2. The number of nitrogens with two attached hydrogens (primary N) is 1. The molecule has 0 radical (unpaired) electrons. The Labute approximate surface area is 110 Å². The number of aromatic nitrogens is 2. The van der Waals surface area contributed by atoms with Gasteiger partial charge in [-0.1, -0.05) is 17.7 Å². The van der Waals surface area contributed by atoms with Crippen LogP contribution in [0.4, 0.5) is 4.39 Å². The summed E-state index contributed by atoms with van der Waals surface area (Å²) in [5.41, 5.74) is 7.50. The van der Waals surface area contributed by atoms with Gasteiger partial charge < -0.3 is 5.73 Å². The highest BCUT2D eigenvalue weighted by Crippen LogP contribution is 2.23. The van der Waals surface area contributed by atoms with Crippen molar-refractivity contribution in [1.29, 1.82) is 0 Å². The van der Waals surface area contributed by atoms with Gasteiger partial charge in [0.15, 0.2) is 0 Å². The summed E-state index contributed by atoms with van der Waals surface area (Å²) >= 11 is 5.61. The molecule has 0 aliphatic rings. The van der Waals surface area contributed by atoms with Gasteiger partial charge in [0.1, 0.15) is 5.82 Å². The van der Waals surface area contributed by atoms with E-state index >= 15 is 0 Å². The molecule has 92 valence electrons. The van der Waals surface area contributed by atoms with Gasteiger partial charge in [0, 0.05) is 13.2 Å². The zero-order chi connectivity index (χ0) is 11.7. The Hall–Kier alpha value is -1.10. The molecule has 1 atom stereocenters. The molecule has 2 rings (SSSR count). The third kappa shape index (κ3) is 2.77. The minimum atomic E-state index is -0.461. The first-order valence-electron chi connectivity index (χ1n) is 4.78. The SMILES string of the molecule is Cl.Cn1nccc1[C@@H](N)c1ccc(Cl)c(F)c1. The lowest BCUT2D eigenvalue weighted by Crippen LogP contribution is -2.16. The van der Waals surface area contributed by atoms with E-state index in [0.717, 1.165) is 5.69 Å². The molecule has 0 amide bonds. The molecule has 0 bridgehead atoms. The normalized spacial score (nSPS) is 12.0. The molecule has 17 heavy (non-hydrogen) atoms. The Balaban J connectivity index is 0.00000144. The van der Waals surface area contributed by atoms with Crippen LogP contribution in [-0.4, -0.2) is 9.78 Å². The minimum absolute atomic E-state index is 0. The number of hydrogen-bond donors (Lipinski definition) is 1. The largest absolute Gasteiger partial charge is 0.319 e. The summed E-state index contributed by atoms with van der Waals surface area (Å²) in [6.07, 6.45) is 1.65. The highest BCUT2D eigenvalue weighted by atomic mass is 35.5. The highest BCUT2D eigenvalue weighted by molar-refractivity contribution is 6.30. The van der Waals surface area contributed by atoms with Crippen LogP contribution in [0.2, 0.25) is 5.02 Å². The van der Waals surface area contributed by atoms with Gasteiger partial charge in [-0.25, -0.2) is 4.39 Å². The summed E-state index contributed by atoms with van der Waals surface area (Å²) in [5.74, 6) is -0.461. The van der Waals surface area contributed by atoms with Crippen LogP contribution in [-0.2, 0) is 7.05 Å². The lowest BCUT2D eigenvalue weighted by Gasteiger charge is -2.12. The Kier molecular flexibility index (Phi) is 4.51. The van der Waals surface area contributed by atoms with E-state index in [4.69, 9.17) is 17.3 Å². The molecule has 1 heterocycles. The zero-order valence-electron chi connectivity index (χ0n) is 9.10. The quantitative estimate of drug-likeness (QED) is 0.916. The fourth-order valence-corrected chi connectivity index (χ4v) is 1.68. The van der Waals surface area contributed by atoms with Gasteiger partial charge in [0.2, 0.25) is 0 Å². The molecular weight excluding hydrogens is 264 g/mol.